The first-order chi connectivity index (χ1) is 13.4. The van der Waals surface area contributed by atoms with E-state index in [1.54, 1.807) is 28.5 Å². The summed E-state index contributed by atoms with van der Waals surface area (Å²) in [6.45, 7) is 4.34. The highest BCUT2D eigenvalue weighted by Crippen LogP contribution is 2.37. The monoisotopic (exact) mass is 435 g/mol. The van der Waals surface area contributed by atoms with Crippen LogP contribution < -0.4 is 14.4 Å². The Labute approximate surface area is 170 Å². The molecule has 0 bridgehead atoms. The first-order valence-corrected chi connectivity index (χ1v) is 11.7. The zero-order valence-electron chi connectivity index (χ0n) is 15.1. The maximum atomic E-state index is 12.5. The Balaban J connectivity index is 1.61. The number of aromatic nitrogens is 1. The van der Waals surface area contributed by atoms with Crippen LogP contribution in [0, 0.1) is 6.92 Å². The predicted octanol–water partition coefficient (Wildman–Crippen LogP) is 3.73. The largest absolute Gasteiger partial charge is 0.482 e. The third-order valence-electron chi connectivity index (χ3n) is 4.22. The predicted molar refractivity (Wildman–Crippen MR) is 111 cm³/mol. The highest BCUT2D eigenvalue weighted by molar-refractivity contribution is 7.94. The molecule has 4 rings (SSSR count). The molecule has 2 aromatic heterocycles. The van der Waals surface area contributed by atoms with Gasteiger partial charge < -0.3 is 9.64 Å². The van der Waals surface area contributed by atoms with Crippen LogP contribution in [0.5, 0.6) is 5.75 Å². The summed E-state index contributed by atoms with van der Waals surface area (Å²) in [5, 5.41) is 2.07. The van der Waals surface area contributed by atoms with E-state index in [2.05, 4.69) is 9.71 Å². The fourth-order valence-corrected chi connectivity index (χ4v) is 6.14. The molecule has 1 aromatic carbocycles. The molecule has 10 heteroatoms. The molecule has 0 aliphatic carbocycles. The lowest BCUT2D eigenvalue weighted by Crippen LogP contribution is -2.38. The molecular weight excluding hydrogens is 418 g/mol. The van der Waals surface area contributed by atoms with Gasteiger partial charge in [-0.05, 0) is 44.2 Å². The SMILES string of the molecule is CCN1C(=O)COc2ccc(-c3csc(NS(=O)(=O)c4ccc(C)s4)n3)cc21. The summed E-state index contributed by atoms with van der Waals surface area (Å²) in [6.07, 6.45) is 0. The third kappa shape index (κ3) is 3.50. The van der Waals surface area contributed by atoms with Crippen LogP contribution in [0.2, 0.25) is 0 Å². The molecule has 0 saturated heterocycles. The maximum absolute atomic E-state index is 12.5. The van der Waals surface area contributed by atoms with Gasteiger partial charge in [-0.25, -0.2) is 13.4 Å². The molecule has 1 N–H and O–H groups in total. The average molecular weight is 436 g/mol. The van der Waals surface area contributed by atoms with Crippen LogP contribution in [0.25, 0.3) is 11.3 Å². The standard InChI is InChI=1S/C18H17N3O4S3/c1-3-21-14-8-12(5-6-15(14)25-9-16(21)22)13-10-26-18(19-13)20-28(23,24)17-7-4-11(2)27-17/h4-8,10H,3,9H2,1-2H3,(H,19,20). The molecule has 0 spiro atoms. The summed E-state index contributed by atoms with van der Waals surface area (Å²) in [4.78, 5) is 19.0. The first kappa shape index (κ1) is 18.9. The van der Waals surface area contributed by atoms with Gasteiger partial charge in [0.25, 0.3) is 15.9 Å². The minimum absolute atomic E-state index is 0.0327. The van der Waals surface area contributed by atoms with Gasteiger partial charge in [-0.1, -0.05) is 0 Å². The Bertz CT molecular complexity index is 1150. The van der Waals surface area contributed by atoms with Crippen molar-refractivity contribution in [2.45, 2.75) is 18.1 Å². The summed E-state index contributed by atoms with van der Waals surface area (Å²) < 4.78 is 33.2. The van der Waals surface area contributed by atoms with Crippen molar-refractivity contribution in [2.24, 2.45) is 0 Å². The number of nitrogens with one attached hydrogen (secondary N) is 1. The van der Waals surface area contributed by atoms with Crippen molar-refractivity contribution in [3.63, 3.8) is 0 Å². The van der Waals surface area contributed by atoms with Crippen LogP contribution >= 0.6 is 22.7 Å². The molecule has 0 unspecified atom stereocenters. The molecular formula is C18H17N3O4S3. The van der Waals surface area contributed by atoms with Gasteiger partial charge in [0, 0.05) is 22.4 Å². The number of hydrogen-bond acceptors (Lipinski definition) is 7. The summed E-state index contributed by atoms with van der Waals surface area (Å²) in [6, 6.07) is 8.83. The fourth-order valence-electron chi connectivity index (χ4n) is 2.88. The van der Waals surface area contributed by atoms with E-state index in [1.807, 2.05) is 26.0 Å². The molecule has 0 atom stereocenters. The number of rotatable bonds is 5. The number of sulfonamides is 1. The lowest BCUT2D eigenvalue weighted by molar-refractivity contribution is -0.121. The number of amides is 1. The molecule has 3 aromatic rings. The van der Waals surface area contributed by atoms with E-state index < -0.39 is 10.0 Å². The van der Waals surface area contributed by atoms with E-state index in [-0.39, 0.29) is 16.7 Å². The number of benzene rings is 1. The van der Waals surface area contributed by atoms with Gasteiger partial charge in [-0.2, -0.15) is 0 Å². The molecule has 146 valence electrons. The Morgan fingerprint density at radius 1 is 1.29 bits per heavy atom. The molecule has 3 heterocycles. The number of anilines is 2. The Kier molecular flexibility index (Phi) is 4.86. The van der Waals surface area contributed by atoms with Crippen LogP contribution in [0.1, 0.15) is 11.8 Å². The van der Waals surface area contributed by atoms with Crippen LogP contribution in [0.4, 0.5) is 10.8 Å². The number of ether oxygens (including phenoxy) is 1. The van der Waals surface area contributed by atoms with Gasteiger partial charge in [-0.3, -0.25) is 9.52 Å². The lowest BCUT2D eigenvalue weighted by Gasteiger charge is -2.28. The number of thiophene rings is 1. The van der Waals surface area contributed by atoms with E-state index in [0.29, 0.717) is 28.8 Å². The van der Waals surface area contributed by atoms with E-state index in [1.165, 1.54) is 22.7 Å². The summed E-state index contributed by atoms with van der Waals surface area (Å²) in [5.74, 6) is 0.555. The number of nitrogens with zero attached hydrogens (tertiary/aromatic N) is 2. The minimum atomic E-state index is -3.65. The Hall–Kier alpha value is -2.43. The van der Waals surface area contributed by atoms with Crippen LogP contribution in [-0.4, -0.2) is 32.5 Å². The quantitative estimate of drug-likeness (QED) is 0.660. The van der Waals surface area contributed by atoms with Crippen molar-refractivity contribution in [1.82, 2.24) is 4.98 Å². The minimum Gasteiger partial charge on any atom is -0.482 e. The van der Waals surface area contributed by atoms with Gasteiger partial charge in [0.2, 0.25) is 0 Å². The van der Waals surface area contributed by atoms with E-state index in [0.717, 1.165) is 10.4 Å². The van der Waals surface area contributed by atoms with Gasteiger partial charge in [0.15, 0.2) is 11.7 Å². The first-order valence-electron chi connectivity index (χ1n) is 8.50. The van der Waals surface area contributed by atoms with Gasteiger partial charge in [-0.15, -0.1) is 22.7 Å². The number of aryl methyl sites for hydroxylation is 1. The van der Waals surface area contributed by atoms with Crippen molar-refractivity contribution in [3.05, 3.63) is 40.6 Å². The number of thiazole rings is 1. The van der Waals surface area contributed by atoms with Crippen molar-refractivity contribution in [3.8, 4) is 17.0 Å². The summed E-state index contributed by atoms with van der Waals surface area (Å²) in [5.41, 5.74) is 2.10. The van der Waals surface area contributed by atoms with Gasteiger partial charge in [0.05, 0.1) is 11.4 Å². The highest BCUT2D eigenvalue weighted by atomic mass is 32.2. The number of likely N-dealkylation sites (N-methyl/N-ethyl adjacent to an activating group) is 1. The third-order valence-corrected chi connectivity index (χ3v) is 7.94. The zero-order valence-corrected chi connectivity index (χ0v) is 17.6. The summed E-state index contributed by atoms with van der Waals surface area (Å²) >= 11 is 2.42. The molecule has 28 heavy (non-hydrogen) atoms. The average Bonchev–Trinajstić information content (AvgIpc) is 3.30. The molecule has 0 radical (unpaired) electrons. The highest BCUT2D eigenvalue weighted by Gasteiger charge is 2.25. The molecule has 0 saturated carbocycles. The topological polar surface area (TPSA) is 88.6 Å². The van der Waals surface area contributed by atoms with Crippen molar-refractivity contribution in [1.29, 1.82) is 0 Å². The van der Waals surface area contributed by atoms with Gasteiger partial charge in [0.1, 0.15) is 9.96 Å². The van der Waals surface area contributed by atoms with E-state index in [9.17, 15) is 13.2 Å². The number of carbonyl (C=O) groups excluding carboxylic acids is 1. The van der Waals surface area contributed by atoms with Crippen LogP contribution in [-0.2, 0) is 14.8 Å². The molecule has 1 aliphatic rings. The number of hydrogen-bond donors (Lipinski definition) is 1. The smallest absolute Gasteiger partial charge is 0.273 e. The number of carbonyl (C=O) groups is 1. The molecule has 0 fully saturated rings. The second kappa shape index (κ2) is 7.19. The zero-order chi connectivity index (χ0) is 19.9. The normalized spacial score (nSPS) is 13.9. The molecule has 7 nitrogen and oxygen atoms in total. The van der Waals surface area contributed by atoms with Gasteiger partial charge >= 0.3 is 0 Å². The summed E-state index contributed by atoms with van der Waals surface area (Å²) in [7, 11) is -3.65. The number of fused-ring (bicyclic) bond motifs is 1. The van der Waals surface area contributed by atoms with E-state index in [4.69, 9.17) is 4.74 Å². The molecule has 1 aliphatic heterocycles. The van der Waals surface area contributed by atoms with Crippen molar-refractivity contribution >= 4 is 49.4 Å². The van der Waals surface area contributed by atoms with Crippen molar-refractivity contribution < 1.29 is 17.9 Å². The Morgan fingerprint density at radius 2 is 2.11 bits per heavy atom. The van der Waals surface area contributed by atoms with Crippen LogP contribution in [0.3, 0.4) is 0 Å². The second-order valence-corrected chi connectivity index (χ2v) is 10.2. The second-order valence-electron chi connectivity index (χ2n) is 6.12. The van der Waals surface area contributed by atoms with E-state index >= 15 is 0 Å². The maximum Gasteiger partial charge on any atom is 0.273 e. The fraction of sp³-hybridized carbons (Fsp3) is 0.222. The van der Waals surface area contributed by atoms with Crippen LogP contribution in [0.15, 0.2) is 39.9 Å². The molecule has 1 amide bonds. The lowest BCUT2D eigenvalue weighted by atomic mass is 10.1. The Morgan fingerprint density at radius 3 is 2.82 bits per heavy atom. The van der Waals surface area contributed by atoms with Crippen molar-refractivity contribution in [2.75, 3.05) is 22.8 Å².